The van der Waals surface area contributed by atoms with Gasteiger partial charge in [-0.05, 0) is 44.2 Å². The molecule has 0 N–H and O–H groups in total. The first kappa shape index (κ1) is 16.0. The lowest BCUT2D eigenvalue weighted by atomic mass is 10.1. The van der Waals surface area contributed by atoms with Crippen molar-refractivity contribution in [1.29, 1.82) is 0 Å². The zero-order valence-electron chi connectivity index (χ0n) is 13.2. The molecule has 1 aliphatic rings. The topological polar surface area (TPSA) is 3.24 Å². The van der Waals surface area contributed by atoms with Crippen molar-refractivity contribution >= 4 is 23.5 Å². The summed E-state index contributed by atoms with van der Waals surface area (Å²) in [5, 5.41) is 0.670. The Balaban J connectivity index is 1.66. The predicted octanol–water partition coefficient (Wildman–Crippen LogP) is 4.89. The molecule has 0 amide bonds. The highest BCUT2D eigenvalue weighted by Crippen LogP contribution is 2.39. The first-order chi connectivity index (χ1) is 10.7. The number of nitrogens with zero attached hydrogens (tertiary/aromatic N) is 1. The van der Waals surface area contributed by atoms with Gasteiger partial charge in [-0.15, -0.1) is 23.5 Å². The van der Waals surface area contributed by atoms with Gasteiger partial charge in [-0.1, -0.05) is 36.4 Å². The largest absolute Gasteiger partial charge is 0.302 e. The van der Waals surface area contributed by atoms with Crippen LogP contribution in [-0.2, 0) is 0 Å². The fraction of sp³-hybridized carbons (Fsp3) is 0.368. The lowest BCUT2D eigenvalue weighted by molar-refractivity contribution is 0.329. The fourth-order valence-corrected chi connectivity index (χ4v) is 5.60. The van der Waals surface area contributed by atoms with Gasteiger partial charge in [-0.25, -0.2) is 0 Å². The van der Waals surface area contributed by atoms with Gasteiger partial charge in [0.15, 0.2) is 0 Å². The van der Waals surface area contributed by atoms with Crippen LogP contribution in [0.3, 0.4) is 0 Å². The van der Waals surface area contributed by atoms with Crippen LogP contribution in [0.5, 0.6) is 0 Å². The zero-order valence-corrected chi connectivity index (χ0v) is 14.8. The normalized spacial score (nSPS) is 25.5. The predicted molar refractivity (Wildman–Crippen MR) is 98.8 cm³/mol. The molecule has 0 radical (unpaired) electrons. The van der Waals surface area contributed by atoms with Crippen LogP contribution in [0.25, 0.3) is 0 Å². The molecule has 0 aromatic heterocycles. The maximum absolute atomic E-state index is 2.51. The summed E-state index contributed by atoms with van der Waals surface area (Å²) in [7, 11) is 2.26. The van der Waals surface area contributed by atoms with Crippen LogP contribution in [0, 0.1) is 5.92 Å². The molecule has 1 saturated heterocycles. The fourth-order valence-electron chi connectivity index (χ4n) is 3.00. The quantitative estimate of drug-likeness (QED) is 0.719. The summed E-state index contributed by atoms with van der Waals surface area (Å²) in [5.41, 5.74) is 0. The van der Waals surface area contributed by atoms with Gasteiger partial charge in [-0.3, -0.25) is 0 Å². The third kappa shape index (κ3) is 3.89. The minimum Gasteiger partial charge on any atom is -0.302 e. The molecule has 3 rings (SSSR count). The highest BCUT2D eigenvalue weighted by Gasteiger charge is 2.37. The van der Waals surface area contributed by atoms with E-state index < -0.39 is 0 Å². The molecule has 116 valence electrons. The summed E-state index contributed by atoms with van der Waals surface area (Å²) in [4.78, 5) is 5.29. The number of thioether (sulfide) groups is 2. The zero-order chi connectivity index (χ0) is 15.4. The van der Waals surface area contributed by atoms with E-state index in [1.54, 1.807) is 0 Å². The summed E-state index contributed by atoms with van der Waals surface area (Å²) in [5.74, 6) is 1.93. The van der Waals surface area contributed by atoms with Gasteiger partial charge >= 0.3 is 0 Å². The molecular formula is C19H23NS2. The minimum absolute atomic E-state index is 0.631. The molecule has 0 aliphatic carbocycles. The van der Waals surface area contributed by atoms with Crippen molar-refractivity contribution in [3.8, 4) is 0 Å². The second-order valence-corrected chi connectivity index (χ2v) is 8.30. The van der Waals surface area contributed by atoms with Gasteiger partial charge in [-0.2, -0.15) is 0 Å². The molecule has 3 unspecified atom stereocenters. The highest BCUT2D eigenvalue weighted by atomic mass is 32.2. The third-order valence-corrected chi connectivity index (χ3v) is 7.18. The summed E-state index contributed by atoms with van der Waals surface area (Å²) in [6, 6.07) is 22.2. The van der Waals surface area contributed by atoms with Gasteiger partial charge < -0.3 is 4.90 Å². The number of benzene rings is 2. The molecule has 1 nitrogen and oxygen atoms in total. The van der Waals surface area contributed by atoms with Gasteiger partial charge in [0.1, 0.15) is 0 Å². The van der Waals surface area contributed by atoms with Crippen molar-refractivity contribution in [2.75, 3.05) is 19.3 Å². The second kappa shape index (κ2) is 7.58. The lowest BCUT2D eigenvalue weighted by Crippen LogP contribution is -2.27. The van der Waals surface area contributed by atoms with Crippen molar-refractivity contribution in [2.45, 2.75) is 28.0 Å². The molecule has 3 atom stereocenters. The maximum Gasteiger partial charge on any atom is 0.0296 e. The molecule has 3 heteroatoms. The number of hydrogen-bond donors (Lipinski definition) is 0. The number of likely N-dealkylation sites (tertiary alicyclic amines) is 1. The number of hydrogen-bond acceptors (Lipinski definition) is 3. The van der Waals surface area contributed by atoms with Gasteiger partial charge in [0.25, 0.3) is 0 Å². The van der Waals surface area contributed by atoms with Crippen LogP contribution in [0.2, 0.25) is 0 Å². The van der Waals surface area contributed by atoms with E-state index in [-0.39, 0.29) is 0 Å². The Kier molecular flexibility index (Phi) is 5.51. The first-order valence-electron chi connectivity index (χ1n) is 7.84. The standard InChI is InChI=1S/C19H23NS2/c1-15-19(22-18-11-7-4-8-12-18)16(13-20(15)2)14-21-17-9-5-3-6-10-17/h3-12,15-16,19H,13-14H2,1-2H3. The molecular weight excluding hydrogens is 306 g/mol. The average Bonchev–Trinajstić information content (AvgIpc) is 2.83. The molecule has 1 heterocycles. The van der Waals surface area contributed by atoms with Crippen LogP contribution in [0.4, 0.5) is 0 Å². The molecule has 1 fully saturated rings. The van der Waals surface area contributed by atoms with Crippen molar-refractivity contribution in [1.82, 2.24) is 4.90 Å². The second-order valence-electron chi connectivity index (χ2n) is 5.96. The van der Waals surface area contributed by atoms with Crippen LogP contribution in [0.1, 0.15) is 6.92 Å². The Morgan fingerprint density at radius 1 is 0.955 bits per heavy atom. The van der Waals surface area contributed by atoms with Crippen molar-refractivity contribution in [2.24, 2.45) is 5.92 Å². The Hall–Kier alpha value is -0.900. The SMILES string of the molecule is CC1C(Sc2ccccc2)C(CSc2ccccc2)CN1C. The van der Waals surface area contributed by atoms with Crippen LogP contribution >= 0.6 is 23.5 Å². The van der Waals surface area contributed by atoms with Crippen molar-refractivity contribution in [3.05, 3.63) is 60.7 Å². The Bertz CT molecular complexity index is 573. The van der Waals surface area contributed by atoms with E-state index in [1.807, 2.05) is 11.8 Å². The average molecular weight is 330 g/mol. The Morgan fingerprint density at radius 3 is 2.18 bits per heavy atom. The monoisotopic (exact) mass is 329 g/mol. The first-order valence-corrected chi connectivity index (χ1v) is 9.70. The summed E-state index contributed by atoms with van der Waals surface area (Å²) in [6.45, 7) is 3.57. The highest BCUT2D eigenvalue weighted by molar-refractivity contribution is 8.00. The van der Waals surface area contributed by atoms with E-state index in [2.05, 4.69) is 91.3 Å². The number of rotatable bonds is 5. The molecule has 0 bridgehead atoms. The lowest BCUT2D eigenvalue weighted by Gasteiger charge is -2.22. The molecule has 2 aromatic rings. The van der Waals surface area contributed by atoms with Crippen LogP contribution in [0.15, 0.2) is 70.5 Å². The Labute approximate surface area is 142 Å². The summed E-state index contributed by atoms with van der Waals surface area (Å²) in [6.07, 6.45) is 0. The molecule has 2 aromatic carbocycles. The molecule has 0 saturated carbocycles. The van der Waals surface area contributed by atoms with Gasteiger partial charge in [0.05, 0.1) is 0 Å². The molecule has 1 aliphatic heterocycles. The Morgan fingerprint density at radius 2 is 1.55 bits per heavy atom. The summed E-state index contributed by atoms with van der Waals surface area (Å²) < 4.78 is 0. The van der Waals surface area contributed by atoms with E-state index in [0.717, 1.165) is 5.92 Å². The molecule has 22 heavy (non-hydrogen) atoms. The van der Waals surface area contributed by atoms with E-state index in [1.165, 1.54) is 22.1 Å². The van der Waals surface area contributed by atoms with Crippen molar-refractivity contribution < 1.29 is 0 Å². The van der Waals surface area contributed by atoms with Crippen LogP contribution in [-0.4, -0.2) is 35.5 Å². The third-order valence-electron chi connectivity index (χ3n) is 4.38. The van der Waals surface area contributed by atoms with Crippen molar-refractivity contribution in [3.63, 3.8) is 0 Å². The molecule has 0 spiro atoms. The van der Waals surface area contributed by atoms with Gasteiger partial charge in [0, 0.05) is 33.4 Å². The van der Waals surface area contributed by atoms with E-state index in [0.29, 0.717) is 11.3 Å². The minimum atomic E-state index is 0.631. The van der Waals surface area contributed by atoms with Gasteiger partial charge in [0.2, 0.25) is 0 Å². The summed E-state index contributed by atoms with van der Waals surface area (Å²) >= 11 is 4.05. The smallest absolute Gasteiger partial charge is 0.0296 e. The van der Waals surface area contributed by atoms with E-state index >= 15 is 0 Å². The van der Waals surface area contributed by atoms with E-state index in [4.69, 9.17) is 0 Å². The maximum atomic E-state index is 2.51. The van der Waals surface area contributed by atoms with E-state index in [9.17, 15) is 0 Å². The van der Waals surface area contributed by atoms with Crippen LogP contribution < -0.4 is 0 Å².